The van der Waals surface area contributed by atoms with E-state index in [1.165, 1.54) is 12.1 Å². The van der Waals surface area contributed by atoms with E-state index in [1.807, 2.05) is 37.3 Å². The van der Waals surface area contributed by atoms with E-state index in [0.717, 1.165) is 16.7 Å². The molecule has 0 aliphatic carbocycles. The van der Waals surface area contributed by atoms with Gasteiger partial charge in [0.15, 0.2) is 9.84 Å². The van der Waals surface area contributed by atoms with Crippen molar-refractivity contribution in [3.63, 3.8) is 0 Å². The Bertz CT molecular complexity index is 1030. The second kappa shape index (κ2) is 8.84. The summed E-state index contributed by atoms with van der Waals surface area (Å²) in [5, 5.41) is 4.14. The maximum absolute atomic E-state index is 12.3. The fourth-order valence-electron chi connectivity index (χ4n) is 2.69. The van der Waals surface area contributed by atoms with Crippen molar-refractivity contribution < 1.29 is 17.7 Å². The van der Waals surface area contributed by atoms with Gasteiger partial charge >= 0.3 is 29.6 Å². The van der Waals surface area contributed by atoms with Crippen molar-refractivity contribution in [2.75, 3.05) is 5.75 Å². The molecule has 0 aliphatic heterocycles. The van der Waals surface area contributed by atoms with Crippen molar-refractivity contribution in [2.24, 2.45) is 5.73 Å². The number of hydrogen-bond acceptors (Lipinski definition) is 5. The van der Waals surface area contributed by atoms with E-state index in [9.17, 15) is 13.2 Å². The summed E-state index contributed by atoms with van der Waals surface area (Å²) < 4.78 is 29.8. The van der Waals surface area contributed by atoms with Gasteiger partial charge in [0.05, 0.1) is 16.2 Å². The van der Waals surface area contributed by atoms with Gasteiger partial charge in [0.2, 0.25) is 5.91 Å². The van der Waals surface area contributed by atoms with E-state index in [-0.39, 0.29) is 46.6 Å². The molecular formula is C19H19N2NaO4S. The molecule has 2 aromatic carbocycles. The molecule has 0 aliphatic rings. The van der Waals surface area contributed by atoms with E-state index in [4.69, 9.17) is 10.3 Å². The predicted octanol–water partition coefficient (Wildman–Crippen LogP) is 2.32. The van der Waals surface area contributed by atoms with Crippen molar-refractivity contribution in [1.82, 2.24) is 5.16 Å². The number of sulfone groups is 1. The third-order valence-electron chi connectivity index (χ3n) is 4.03. The zero-order valence-corrected chi connectivity index (χ0v) is 15.0. The molecule has 1 aromatic heterocycles. The summed E-state index contributed by atoms with van der Waals surface area (Å²) in [5.74, 6) is -0.297. The number of benzene rings is 2. The Morgan fingerprint density at radius 3 is 2.26 bits per heavy atom. The standard InChI is InChI=1S/C19H18N2O4S.Na.H/c1-13-18(19(21-25-13)15-5-3-2-4-6-15)14-7-9-16(10-8-14)26(23,24)12-11-17(20)22;;/h2-10H,11-12H2,1H3,(H2,20,22);;. The van der Waals surface area contributed by atoms with Crippen molar-refractivity contribution in [2.45, 2.75) is 18.2 Å². The zero-order chi connectivity index (χ0) is 18.7. The second-order valence-electron chi connectivity index (χ2n) is 5.89. The summed E-state index contributed by atoms with van der Waals surface area (Å²) >= 11 is 0. The van der Waals surface area contributed by atoms with E-state index >= 15 is 0 Å². The van der Waals surface area contributed by atoms with Crippen LogP contribution in [0, 0.1) is 6.92 Å². The summed E-state index contributed by atoms with van der Waals surface area (Å²) in [6, 6.07) is 16.1. The molecule has 0 saturated carbocycles. The van der Waals surface area contributed by atoms with E-state index in [2.05, 4.69) is 5.16 Å². The molecule has 0 fully saturated rings. The van der Waals surface area contributed by atoms with Gasteiger partial charge in [-0.2, -0.15) is 0 Å². The first kappa shape index (κ1) is 21.4. The Morgan fingerprint density at radius 2 is 1.67 bits per heavy atom. The average Bonchev–Trinajstić information content (AvgIpc) is 3.02. The normalized spacial score (nSPS) is 11.0. The van der Waals surface area contributed by atoms with Gasteiger partial charge in [0.1, 0.15) is 11.5 Å². The molecule has 0 unspecified atom stereocenters. The number of nitrogens with two attached hydrogens (primary N) is 1. The first-order valence-corrected chi connectivity index (χ1v) is 9.67. The van der Waals surface area contributed by atoms with Crippen molar-refractivity contribution in [3.05, 3.63) is 60.4 Å². The molecule has 2 N–H and O–H groups in total. The van der Waals surface area contributed by atoms with Crippen molar-refractivity contribution in [1.29, 1.82) is 0 Å². The SMILES string of the molecule is Cc1onc(-c2ccccc2)c1-c1ccc(S(=O)(=O)CCC(N)=O)cc1.[NaH]. The van der Waals surface area contributed by atoms with E-state index in [1.54, 1.807) is 12.1 Å². The Balaban J connectivity index is 0.00000261. The number of rotatable bonds is 6. The molecule has 0 atom stereocenters. The molecule has 6 nitrogen and oxygen atoms in total. The van der Waals surface area contributed by atoms with Gasteiger partial charge in [0, 0.05) is 12.0 Å². The Hall–Kier alpha value is -1.93. The third kappa shape index (κ3) is 4.87. The van der Waals surface area contributed by atoms with Gasteiger partial charge in [-0.3, -0.25) is 4.79 Å². The Labute approximate surface area is 180 Å². The van der Waals surface area contributed by atoms with Gasteiger partial charge in [-0.25, -0.2) is 8.42 Å². The van der Waals surface area contributed by atoms with E-state index < -0.39 is 15.7 Å². The van der Waals surface area contributed by atoms with Crippen molar-refractivity contribution >= 4 is 45.3 Å². The van der Waals surface area contributed by atoms with Crippen LogP contribution in [-0.4, -0.2) is 54.8 Å². The number of primary amides is 1. The third-order valence-corrected chi connectivity index (χ3v) is 5.76. The second-order valence-corrected chi connectivity index (χ2v) is 8.00. The van der Waals surface area contributed by atoms with Crippen LogP contribution in [0.25, 0.3) is 22.4 Å². The number of carbonyl (C=O) groups excluding carboxylic acids is 1. The number of aryl methyl sites for hydroxylation is 1. The monoisotopic (exact) mass is 394 g/mol. The van der Waals surface area contributed by atoms with Crippen LogP contribution >= 0.6 is 0 Å². The summed E-state index contributed by atoms with van der Waals surface area (Å²) in [5.41, 5.74) is 8.27. The molecule has 1 amide bonds. The van der Waals surface area contributed by atoms with Gasteiger partial charge in [-0.05, 0) is 24.6 Å². The number of nitrogens with zero attached hydrogens (tertiary/aromatic N) is 1. The Morgan fingerprint density at radius 1 is 1.04 bits per heavy atom. The Kier molecular flexibility index (Phi) is 7.00. The molecule has 0 saturated heterocycles. The number of aromatic nitrogens is 1. The molecule has 136 valence electrons. The molecule has 0 bridgehead atoms. The fraction of sp³-hybridized carbons (Fsp3) is 0.158. The molecule has 1 heterocycles. The molecule has 3 rings (SSSR count). The summed E-state index contributed by atoms with van der Waals surface area (Å²) in [4.78, 5) is 11.0. The molecule has 8 heteroatoms. The van der Waals surface area contributed by atoms with Crippen LogP contribution < -0.4 is 5.73 Å². The zero-order valence-electron chi connectivity index (χ0n) is 14.2. The fourth-order valence-corrected chi connectivity index (χ4v) is 3.94. The van der Waals surface area contributed by atoms with E-state index in [0.29, 0.717) is 11.5 Å². The van der Waals surface area contributed by atoms with Crippen LogP contribution in [0.3, 0.4) is 0 Å². The van der Waals surface area contributed by atoms with Gasteiger partial charge in [-0.15, -0.1) is 0 Å². The number of carbonyl (C=O) groups is 1. The summed E-state index contributed by atoms with van der Waals surface area (Å²) in [7, 11) is -3.55. The molecule has 3 aromatic rings. The predicted molar refractivity (Wildman–Crippen MR) is 105 cm³/mol. The van der Waals surface area contributed by atoms with Gasteiger partial charge in [-0.1, -0.05) is 47.6 Å². The molecule has 0 spiro atoms. The number of amides is 1. The first-order valence-electron chi connectivity index (χ1n) is 8.01. The quantitative estimate of drug-likeness (QED) is 0.646. The topological polar surface area (TPSA) is 103 Å². The van der Waals surface area contributed by atoms with Crippen LogP contribution in [0.2, 0.25) is 0 Å². The molecule has 0 radical (unpaired) electrons. The maximum atomic E-state index is 12.3. The van der Waals surface area contributed by atoms with Crippen LogP contribution in [0.5, 0.6) is 0 Å². The van der Waals surface area contributed by atoms with Gasteiger partial charge in [0.25, 0.3) is 0 Å². The van der Waals surface area contributed by atoms with Crippen molar-refractivity contribution in [3.8, 4) is 22.4 Å². The molecular weight excluding hydrogens is 375 g/mol. The average molecular weight is 394 g/mol. The van der Waals surface area contributed by atoms with Crippen LogP contribution in [0.4, 0.5) is 0 Å². The first-order chi connectivity index (χ1) is 12.4. The number of hydrogen-bond donors (Lipinski definition) is 1. The van der Waals surface area contributed by atoms with Gasteiger partial charge < -0.3 is 10.3 Å². The summed E-state index contributed by atoms with van der Waals surface area (Å²) in [6.07, 6.45) is -0.201. The summed E-state index contributed by atoms with van der Waals surface area (Å²) in [6.45, 7) is 1.81. The van der Waals surface area contributed by atoms with Crippen LogP contribution in [0.15, 0.2) is 64.0 Å². The minimum absolute atomic E-state index is 0. The minimum atomic E-state index is -3.55. The molecule has 27 heavy (non-hydrogen) atoms. The van der Waals surface area contributed by atoms with Crippen LogP contribution in [0.1, 0.15) is 12.2 Å². The van der Waals surface area contributed by atoms with Crippen LogP contribution in [-0.2, 0) is 14.6 Å².